The smallest absolute Gasteiger partial charge is 0.294 e. The van der Waals surface area contributed by atoms with E-state index in [9.17, 15) is 17.8 Å². The van der Waals surface area contributed by atoms with Crippen LogP contribution in [-0.2, 0) is 14.9 Å². The third-order valence-electron chi connectivity index (χ3n) is 3.48. The Morgan fingerprint density at radius 3 is 2.60 bits per heavy atom. The molecule has 0 bridgehead atoms. The molecule has 0 radical (unpaired) electrons. The fourth-order valence-electron chi connectivity index (χ4n) is 2.24. The van der Waals surface area contributed by atoms with Crippen molar-refractivity contribution in [2.24, 2.45) is 0 Å². The molecule has 1 unspecified atom stereocenters. The highest BCUT2D eigenvalue weighted by atomic mass is 32.2. The van der Waals surface area contributed by atoms with Crippen LogP contribution >= 0.6 is 0 Å². The summed E-state index contributed by atoms with van der Waals surface area (Å²) in [5.41, 5.74) is 1.56. The summed E-state index contributed by atoms with van der Waals surface area (Å²) in [5, 5.41) is 0. The quantitative estimate of drug-likeness (QED) is 0.436. The summed E-state index contributed by atoms with van der Waals surface area (Å²) in [6, 6.07) is 7.79. The Morgan fingerprint density at radius 1 is 1.24 bits per heavy atom. The standard InChI is InChI=1S/C17H19NO6S/c1-12-3-6-17(25(20,21)22)16(9-12)13(2)23-7-8-24-15-5-4-14(11-19)18-10-15/h3-6,9-11,13H,7-8H2,1-2H3,(H,20,21,22). The fourth-order valence-corrected chi connectivity index (χ4v) is 3.00. The molecule has 1 aromatic heterocycles. The van der Waals surface area contributed by atoms with E-state index in [1.807, 2.05) is 6.92 Å². The third-order valence-corrected chi connectivity index (χ3v) is 4.41. The molecule has 0 saturated carbocycles. The first kappa shape index (κ1) is 19.0. The lowest BCUT2D eigenvalue weighted by atomic mass is 10.1. The highest BCUT2D eigenvalue weighted by molar-refractivity contribution is 7.85. The van der Waals surface area contributed by atoms with Gasteiger partial charge in [0.1, 0.15) is 18.1 Å². The predicted octanol–water partition coefficient (Wildman–Crippen LogP) is 2.61. The van der Waals surface area contributed by atoms with Crippen LogP contribution in [-0.4, -0.2) is 37.5 Å². The Balaban J connectivity index is 1.95. The SMILES string of the molecule is Cc1ccc(S(=O)(=O)O)c(C(C)OCCOc2ccc(C=O)nc2)c1. The summed E-state index contributed by atoms with van der Waals surface area (Å²) in [4.78, 5) is 14.2. The number of nitrogens with zero attached hydrogens (tertiary/aromatic N) is 1. The number of rotatable bonds is 8. The first-order valence-electron chi connectivity index (χ1n) is 7.55. The average Bonchev–Trinajstić information content (AvgIpc) is 2.58. The maximum Gasteiger partial charge on any atom is 0.294 e. The molecule has 2 rings (SSSR count). The van der Waals surface area contributed by atoms with Crippen molar-refractivity contribution in [2.75, 3.05) is 13.2 Å². The van der Waals surface area contributed by atoms with E-state index in [2.05, 4.69) is 4.98 Å². The summed E-state index contributed by atoms with van der Waals surface area (Å²) in [5.74, 6) is 0.496. The Hall–Kier alpha value is -2.29. The van der Waals surface area contributed by atoms with Crippen molar-refractivity contribution in [3.63, 3.8) is 0 Å². The van der Waals surface area contributed by atoms with Crippen LogP contribution in [0.1, 0.15) is 34.6 Å². The topological polar surface area (TPSA) is 103 Å². The number of ether oxygens (including phenoxy) is 2. The monoisotopic (exact) mass is 365 g/mol. The van der Waals surface area contributed by atoms with Gasteiger partial charge in [-0.3, -0.25) is 9.35 Å². The second-order valence-corrected chi connectivity index (χ2v) is 6.80. The molecular weight excluding hydrogens is 346 g/mol. The van der Waals surface area contributed by atoms with Crippen LogP contribution in [0.2, 0.25) is 0 Å². The van der Waals surface area contributed by atoms with Crippen LogP contribution in [0, 0.1) is 6.92 Å². The van der Waals surface area contributed by atoms with Gasteiger partial charge in [0.25, 0.3) is 10.1 Å². The van der Waals surface area contributed by atoms with Gasteiger partial charge in [0.15, 0.2) is 6.29 Å². The van der Waals surface area contributed by atoms with Crippen molar-refractivity contribution >= 4 is 16.4 Å². The van der Waals surface area contributed by atoms with Crippen molar-refractivity contribution < 1.29 is 27.2 Å². The van der Waals surface area contributed by atoms with Gasteiger partial charge in [0, 0.05) is 5.56 Å². The van der Waals surface area contributed by atoms with Crippen molar-refractivity contribution in [1.29, 1.82) is 0 Å². The van der Waals surface area contributed by atoms with E-state index in [1.54, 1.807) is 25.1 Å². The minimum absolute atomic E-state index is 0.167. The van der Waals surface area contributed by atoms with Gasteiger partial charge in [-0.15, -0.1) is 0 Å². The molecule has 0 spiro atoms. The van der Waals surface area contributed by atoms with Gasteiger partial charge in [0.2, 0.25) is 0 Å². The molecule has 2 aromatic rings. The van der Waals surface area contributed by atoms with Gasteiger partial charge in [0.05, 0.1) is 23.8 Å². The maximum atomic E-state index is 11.5. The van der Waals surface area contributed by atoms with Gasteiger partial charge < -0.3 is 9.47 Å². The Morgan fingerprint density at radius 2 is 2.00 bits per heavy atom. The van der Waals surface area contributed by atoms with E-state index in [-0.39, 0.29) is 18.1 Å². The third kappa shape index (κ3) is 5.35. The highest BCUT2D eigenvalue weighted by Gasteiger charge is 2.20. The molecule has 0 amide bonds. The van der Waals surface area contributed by atoms with Crippen molar-refractivity contribution in [2.45, 2.75) is 24.8 Å². The van der Waals surface area contributed by atoms with Crippen molar-refractivity contribution in [1.82, 2.24) is 4.98 Å². The molecule has 134 valence electrons. The van der Waals surface area contributed by atoms with Crippen LogP contribution in [0.3, 0.4) is 0 Å². The molecule has 25 heavy (non-hydrogen) atoms. The lowest BCUT2D eigenvalue weighted by Crippen LogP contribution is -2.12. The van der Waals surface area contributed by atoms with E-state index in [0.29, 0.717) is 23.3 Å². The molecule has 1 heterocycles. The number of pyridine rings is 1. The summed E-state index contributed by atoms with van der Waals surface area (Å²) in [7, 11) is -4.32. The average molecular weight is 365 g/mol. The molecule has 0 fully saturated rings. The van der Waals surface area contributed by atoms with Gasteiger partial charge in [-0.1, -0.05) is 17.7 Å². The summed E-state index contributed by atoms with van der Waals surface area (Å²) >= 11 is 0. The number of hydrogen-bond acceptors (Lipinski definition) is 6. The molecule has 8 heteroatoms. The first-order valence-corrected chi connectivity index (χ1v) is 8.99. The fraction of sp³-hybridized carbons (Fsp3) is 0.294. The number of carbonyl (C=O) groups excluding carboxylic acids is 1. The van der Waals surface area contributed by atoms with Crippen LogP contribution < -0.4 is 4.74 Å². The Bertz CT molecular complexity index is 833. The number of hydrogen-bond donors (Lipinski definition) is 1. The second kappa shape index (κ2) is 8.19. The molecular formula is C17H19NO6S. The van der Waals surface area contributed by atoms with Gasteiger partial charge >= 0.3 is 0 Å². The molecule has 1 atom stereocenters. The van der Waals surface area contributed by atoms with E-state index < -0.39 is 16.2 Å². The zero-order valence-electron chi connectivity index (χ0n) is 13.9. The Labute approximate surface area is 146 Å². The number of aromatic nitrogens is 1. The lowest BCUT2D eigenvalue weighted by molar-refractivity contribution is 0.0422. The predicted molar refractivity (Wildman–Crippen MR) is 90.5 cm³/mol. The van der Waals surface area contributed by atoms with Crippen LogP contribution in [0.25, 0.3) is 0 Å². The van der Waals surface area contributed by atoms with E-state index in [0.717, 1.165) is 5.56 Å². The van der Waals surface area contributed by atoms with Crippen molar-refractivity contribution in [3.05, 3.63) is 53.3 Å². The van der Waals surface area contributed by atoms with E-state index in [1.165, 1.54) is 18.3 Å². The molecule has 1 N–H and O–H groups in total. The summed E-state index contributed by atoms with van der Waals surface area (Å²) < 4.78 is 43.3. The van der Waals surface area contributed by atoms with Crippen molar-refractivity contribution in [3.8, 4) is 5.75 Å². The number of benzene rings is 1. The number of carbonyl (C=O) groups is 1. The van der Waals surface area contributed by atoms with Crippen LogP contribution in [0.4, 0.5) is 0 Å². The van der Waals surface area contributed by atoms with E-state index in [4.69, 9.17) is 9.47 Å². The Kier molecular flexibility index (Phi) is 6.24. The van der Waals surface area contributed by atoms with Crippen LogP contribution in [0.15, 0.2) is 41.4 Å². The second-order valence-electron chi connectivity index (χ2n) is 5.41. The molecule has 0 aliphatic heterocycles. The molecule has 7 nitrogen and oxygen atoms in total. The zero-order valence-corrected chi connectivity index (χ0v) is 14.7. The molecule has 0 aliphatic rings. The maximum absolute atomic E-state index is 11.5. The van der Waals surface area contributed by atoms with E-state index >= 15 is 0 Å². The largest absolute Gasteiger partial charge is 0.490 e. The van der Waals surface area contributed by atoms with Gasteiger partial charge in [-0.2, -0.15) is 8.42 Å². The molecule has 0 saturated heterocycles. The number of aldehydes is 1. The molecule has 1 aromatic carbocycles. The zero-order chi connectivity index (χ0) is 18.4. The highest BCUT2D eigenvalue weighted by Crippen LogP contribution is 2.26. The van der Waals surface area contributed by atoms with Gasteiger partial charge in [-0.05, 0) is 32.0 Å². The van der Waals surface area contributed by atoms with Gasteiger partial charge in [-0.25, -0.2) is 4.98 Å². The summed E-state index contributed by atoms with van der Waals surface area (Å²) in [6.45, 7) is 3.95. The first-order chi connectivity index (χ1) is 11.8. The minimum atomic E-state index is -4.32. The normalized spacial score (nSPS) is 12.6. The van der Waals surface area contributed by atoms with Crippen LogP contribution in [0.5, 0.6) is 5.75 Å². The summed E-state index contributed by atoms with van der Waals surface area (Å²) in [6.07, 6.45) is 1.53. The molecule has 0 aliphatic carbocycles. The minimum Gasteiger partial charge on any atom is -0.490 e. The number of aryl methyl sites for hydroxylation is 1. The lowest BCUT2D eigenvalue weighted by Gasteiger charge is -2.17.